The van der Waals surface area contributed by atoms with Crippen LogP contribution in [-0.2, 0) is 4.57 Å². The monoisotopic (exact) mass is 464 g/mol. The molecule has 170 valence electrons. The van der Waals surface area contributed by atoms with Crippen molar-refractivity contribution in [2.75, 3.05) is 24.4 Å². The highest BCUT2D eigenvalue weighted by atomic mass is 31.2. The Labute approximate surface area is 192 Å². The summed E-state index contributed by atoms with van der Waals surface area (Å²) in [6.45, 7) is 1.85. The topological polar surface area (TPSA) is 93.1 Å². The molecular weight excluding hydrogens is 439 g/mol. The van der Waals surface area contributed by atoms with Gasteiger partial charge in [0.25, 0.3) is 5.91 Å². The maximum atomic E-state index is 14.0. The molecule has 4 aromatic rings. The minimum atomic E-state index is -3.70. The lowest BCUT2D eigenvalue weighted by molar-refractivity contribution is 0.0974. The van der Waals surface area contributed by atoms with Gasteiger partial charge >= 0.3 is 7.59 Å². The molecule has 2 heterocycles. The smallest absolute Gasteiger partial charge is 0.355 e. The van der Waals surface area contributed by atoms with Crippen LogP contribution in [0.5, 0.6) is 11.5 Å². The van der Waals surface area contributed by atoms with E-state index in [1.54, 1.807) is 73.3 Å². The number of amides is 1. The number of ether oxygens (including phenoxy) is 2. The van der Waals surface area contributed by atoms with Gasteiger partial charge in [0.2, 0.25) is 0 Å². The summed E-state index contributed by atoms with van der Waals surface area (Å²) in [4.78, 5) is 13.3. The van der Waals surface area contributed by atoms with Gasteiger partial charge in [-0.05, 0) is 79.2 Å². The summed E-state index contributed by atoms with van der Waals surface area (Å²) in [6, 6.07) is 21.4. The van der Waals surface area contributed by atoms with Crippen LogP contribution in [0, 0.1) is 6.92 Å². The van der Waals surface area contributed by atoms with E-state index in [4.69, 9.17) is 9.47 Å². The summed E-state index contributed by atoms with van der Waals surface area (Å²) in [6.07, 6.45) is 1.80. The first-order chi connectivity index (χ1) is 15.9. The van der Waals surface area contributed by atoms with E-state index in [1.807, 2.05) is 31.2 Å². The molecule has 0 atom stereocenters. The van der Waals surface area contributed by atoms with Gasteiger partial charge in [0.05, 0.1) is 14.2 Å². The molecule has 3 N–H and O–H groups in total. The number of nitrogens with zero attached hydrogens (tertiary/aromatic N) is 1. The third-order valence-corrected chi connectivity index (χ3v) is 6.76. The molecule has 0 aliphatic rings. The van der Waals surface area contributed by atoms with E-state index in [0.29, 0.717) is 28.6 Å². The predicted octanol–water partition coefficient (Wildman–Crippen LogP) is 5.33. The van der Waals surface area contributed by atoms with Crippen molar-refractivity contribution in [1.29, 1.82) is 0 Å². The molecule has 33 heavy (non-hydrogen) atoms. The second kappa shape index (κ2) is 9.30. The summed E-state index contributed by atoms with van der Waals surface area (Å²) in [5.74, 6) is 0.861. The van der Waals surface area contributed by atoms with Gasteiger partial charge in [-0.25, -0.2) is 0 Å². The molecule has 2 aromatic carbocycles. The van der Waals surface area contributed by atoms with E-state index in [2.05, 4.69) is 15.3 Å². The zero-order chi connectivity index (χ0) is 23.4. The predicted molar refractivity (Wildman–Crippen MR) is 130 cm³/mol. The fourth-order valence-corrected chi connectivity index (χ4v) is 5.11. The second-order valence-electron chi connectivity index (χ2n) is 7.40. The molecule has 0 radical (unpaired) electrons. The van der Waals surface area contributed by atoms with Crippen LogP contribution in [0.15, 0.2) is 79.0 Å². The highest BCUT2D eigenvalue weighted by Gasteiger charge is 2.28. The molecule has 0 aliphatic carbocycles. The van der Waals surface area contributed by atoms with Crippen molar-refractivity contribution < 1.29 is 18.8 Å². The first-order valence-corrected chi connectivity index (χ1v) is 12.0. The zero-order valence-electron chi connectivity index (χ0n) is 18.5. The summed E-state index contributed by atoms with van der Waals surface area (Å²) in [5, 5.41) is 8.62. The van der Waals surface area contributed by atoms with Crippen molar-refractivity contribution in [3.8, 4) is 11.5 Å². The van der Waals surface area contributed by atoms with Crippen molar-refractivity contribution in [1.82, 2.24) is 9.49 Å². The van der Waals surface area contributed by atoms with E-state index in [9.17, 15) is 9.36 Å². The molecule has 0 unspecified atom stereocenters. The molecule has 8 nitrogen and oxygen atoms in total. The van der Waals surface area contributed by atoms with Gasteiger partial charge in [-0.15, -0.1) is 0 Å². The van der Waals surface area contributed by atoms with Crippen molar-refractivity contribution in [3.63, 3.8) is 0 Å². The van der Waals surface area contributed by atoms with Gasteiger partial charge in [-0.2, -0.15) is 0 Å². The molecular formula is C24H25N4O4P. The first-order valence-electron chi connectivity index (χ1n) is 10.2. The zero-order valence-corrected chi connectivity index (χ0v) is 19.4. The van der Waals surface area contributed by atoms with E-state index in [0.717, 1.165) is 11.1 Å². The van der Waals surface area contributed by atoms with Crippen LogP contribution in [-0.4, -0.2) is 24.5 Å². The summed E-state index contributed by atoms with van der Waals surface area (Å²) in [7, 11) is -0.555. The number of hydrogen-bond acceptors (Lipinski definition) is 4. The number of carbonyl (C=O) groups excluding carboxylic acids is 1. The van der Waals surface area contributed by atoms with E-state index < -0.39 is 13.5 Å². The third-order valence-electron chi connectivity index (χ3n) is 5.10. The molecule has 0 aliphatic heterocycles. The van der Waals surface area contributed by atoms with Crippen LogP contribution in [0.3, 0.4) is 0 Å². The fraction of sp³-hybridized carbons (Fsp3) is 0.125. The third kappa shape index (κ3) is 4.96. The summed E-state index contributed by atoms with van der Waals surface area (Å²) in [5.41, 5.74) is 3.17. The molecule has 0 saturated carbocycles. The normalized spacial score (nSPS) is 11.1. The van der Waals surface area contributed by atoms with Crippen LogP contribution >= 0.6 is 7.59 Å². The second-order valence-corrected chi connectivity index (χ2v) is 9.29. The molecule has 0 bridgehead atoms. The van der Waals surface area contributed by atoms with Gasteiger partial charge < -0.3 is 24.0 Å². The summed E-state index contributed by atoms with van der Waals surface area (Å²) < 4.78 is 26.1. The Bertz CT molecular complexity index is 1260. The van der Waals surface area contributed by atoms with Crippen molar-refractivity contribution in [2.24, 2.45) is 0 Å². The molecule has 4 rings (SSSR count). The number of aromatic nitrogens is 1. The van der Waals surface area contributed by atoms with E-state index in [1.165, 1.54) is 0 Å². The van der Waals surface area contributed by atoms with Gasteiger partial charge in [0.1, 0.15) is 17.2 Å². The Hall–Kier alpha value is -3.90. The van der Waals surface area contributed by atoms with Crippen LogP contribution < -0.4 is 24.7 Å². The number of carbonyl (C=O) groups is 1. The fourth-order valence-electron chi connectivity index (χ4n) is 3.52. The molecule has 9 heteroatoms. The minimum absolute atomic E-state index is 0.416. The Morgan fingerprint density at radius 1 is 0.848 bits per heavy atom. The lowest BCUT2D eigenvalue weighted by Crippen LogP contribution is -2.29. The first kappa shape index (κ1) is 22.3. The largest absolute Gasteiger partial charge is 0.497 e. The number of fused-ring (bicyclic) bond motifs is 1. The molecule has 2 aromatic heterocycles. The maximum absolute atomic E-state index is 14.0. The number of anilines is 2. The van der Waals surface area contributed by atoms with E-state index >= 15 is 0 Å². The highest BCUT2D eigenvalue weighted by Crippen LogP contribution is 2.42. The number of pyridine rings is 1. The number of hydrogen-bond donors (Lipinski definition) is 3. The van der Waals surface area contributed by atoms with Crippen molar-refractivity contribution in [3.05, 3.63) is 90.3 Å². The maximum Gasteiger partial charge on any atom is 0.355 e. The van der Waals surface area contributed by atoms with Crippen LogP contribution in [0.1, 0.15) is 16.1 Å². The standard InChI is InChI=1S/C24H25N4O4P/c1-17-16-20-6-4-5-15-28(20)23(17)24(29)27-33(30,25-18-7-11-21(31-2)12-8-18)26-19-9-13-22(32-3)14-10-19/h4-16H,1-3H3,(H3,25,26,27,29,30). The van der Waals surface area contributed by atoms with Crippen LogP contribution in [0.25, 0.3) is 5.52 Å². The van der Waals surface area contributed by atoms with Crippen LogP contribution in [0.2, 0.25) is 0 Å². The van der Waals surface area contributed by atoms with Crippen LogP contribution in [0.4, 0.5) is 11.4 Å². The van der Waals surface area contributed by atoms with Gasteiger partial charge in [0, 0.05) is 23.1 Å². The minimum Gasteiger partial charge on any atom is -0.497 e. The van der Waals surface area contributed by atoms with Gasteiger partial charge in [-0.3, -0.25) is 14.4 Å². The average Bonchev–Trinajstić information content (AvgIpc) is 3.15. The molecule has 1 amide bonds. The Kier molecular flexibility index (Phi) is 6.29. The van der Waals surface area contributed by atoms with E-state index in [-0.39, 0.29) is 0 Å². The SMILES string of the molecule is COc1ccc(NP(=O)(NC(=O)c2c(C)cc3ccccn23)Nc2ccc(OC)cc2)cc1. The quantitative estimate of drug-likeness (QED) is 0.305. The number of aryl methyl sites for hydroxylation is 1. The Morgan fingerprint density at radius 3 is 1.91 bits per heavy atom. The highest BCUT2D eigenvalue weighted by molar-refractivity contribution is 7.65. The molecule has 0 fully saturated rings. The van der Waals surface area contributed by atoms with Crippen molar-refractivity contribution >= 4 is 30.4 Å². The van der Waals surface area contributed by atoms with Gasteiger partial charge in [-0.1, -0.05) is 6.07 Å². The summed E-state index contributed by atoms with van der Waals surface area (Å²) >= 11 is 0. The lowest BCUT2D eigenvalue weighted by Gasteiger charge is -2.23. The van der Waals surface area contributed by atoms with Gasteiger partial charge in [0.15, 0.2) is 0 Å². The average molecular weight is 464 g/mol. The number of benzene rings is 2. The Balaban J connectivity index is 1.66. The van der Waals surface area contributed by atoms with Crippen molar-refractivity contribution in [2.45, 2.75) is 6.92 Å². The molecule has 0 spiro atoms. The lowest BCUT2D eigenvalue weighted by atomic mass is 10.2. The number of rotatable bonds is 8. The number of methoxy groups -OCH3 is 2. The molecule has 0 saturated heterocycles. The Morgan fingerprint density at radius 2 is 1.39 bits per heavy atom. The number of nitrogens with one attached hydrogen (secondary N) is 3.